The molecule has 1 aromatic heterocycles. The zero-order valence-corrected chi connectivity index (χ0v) is 12.6. The van der Waals surface area contributed by atoms with E-state index in [0.717, 1.165) is 4.88 Å². The van der Waals surface area contributed by atoms with Gasteiger partial charge in [0.2, 0.25) is 5.78 Å². The fourth-order valence-corrected chi connectivity index (χ4v) is 2.82. The molecule has 0 atom stereocenters. The third-order valence-corrected chi connectivity index (χ3v) is 4.04. The Hall–Kier alpha value is -2.60. The topological polar surface area (TPSA) is 78.6 Å². The lowest BCUT2D eigenvalue weighted by Crippen LogP contribution is -2.20. The van der Waals surface area contributed by atoms with Gasteiger partial charge in [-0.2, -0.15) is 0 Å². The van der Waals surface area contributed by atoms with E-state index in [-0.39, 0.29) is 18.1 Å². The number of primary amides is 1. The molecule has 0 bridgehead atoms. The van der Waals surface area contributed by atoms with Gasteiger partial charge in [-0.3, -0.25) is 9.59 Å². The SMILES string of the molecule is Cc1c(OCC(N)=O)ccc2c1O/C(=C\c1cccs1)C2=O. The molecule has 2 aromatic rings. The van der Waals surface area contributed by atoms with Crippen LogP contribution in [0.5, 0.6) is 11.5 Å². The molecule has 1 aromatic carbocycles. The Labute approximate surface area is 131 Å². The van der Waals surface area contributed by atoms with Gasteiger partial charge in [0.1, 0.15) is 11.5 Å². The number of thiophene rings is 1. The van der Waals surface area contributed by atoms with Crippen molar-refractivity contribution in [2.45, 2.75) is 6.92 Å². The van der Waals surface area contributed by atoms with Crippen molar-refractivity contribution in [3.05, 3.63) is 51.4 Å². The number of nitrogens with two attached hydrogens (primary N) is 1. The fourth-order valence-electron chi connectivity index (χ4n) is 2.18. The molecule has 0 unspecified atom stereocenters. The predicted molar refractivity (Wildman–Crippen MR) is 83.1 cm³/mol. The Morgan fingerprint density at radius 2 is 2.23 bits per heavy atom. The van der Waals surface area contributed by atoms with Gasteiger partial charge in [-0.15, -0.1) is 11.3 Å². The van der Waals surface area contributed by atoms with Gasteiger partial charge in [-0.25, -0.2) is 0 Å². The monoisotopic (exact) mass is 315 g/mol. The summed E-state index contributed by atoms with van der Waals surface area (Å²) in [6, 6.07) is 7.10. The first-order valence-electron chi connectivity index (χ1n) is 6.58. The maximum absolute atomic E-state index is 12.3. The second-order valence-electron chi connectivity index (χ2n) is 4.78. The summed E-state index contributed by atoms with van der Waals surface area (Å²) in [6.07, 6.45) is 1.72. The number of fused-ring (bicyclic) bond motifs is 1. The second kappa shape index (κ2) is 5.65. The number of allylic oxidation sites excluding steroid dienone is 1. The number of ether oxygens (including phenoxy) is 2. The smallest absolute Gasteiger partial charge is 0.255 e. The summed E-state index contributed by atoms with van der Waals surface area (Å²) in [4.78, 5) is 24.1. The molecule has 0 saturated heterocycles. The van der Waals surface area contributed by atoms with Crippen LogP contribution >= 0.6 is 11.3 Å². The van der Waals surface area contributed by atoms with E-state index in [1.54, 1.807) is 25.1 Å². The minimum absolute atomic E-state index is 0.159. The van der Waals surface area contributed by atoms with E-state index in [0.29, 0.717) is 22.6 Å². The van der Waals surface area contributed by atoms with Crippen LogP contribution in [0.25, 0.3) is 6.08 Å². The van der Waals surface area contributed by atoms with Crippen LogP contribution in [0.15, 0.2) is 35.4 Å². The molecule has 1 amide bonds. The van der Waals surface area contributed by atoms with E-state index in [4.69, 9.17) is 15.2 Å². The molecule has 22 heavy (non-hydrogen) atoms. The summed E-state index contributed by atoms with van der Waals surface area (Å²) in [7, 11) is 0. The lowest BCUT2D eigenvalue weighted by molar-refractivity contribution is -0.119. The Kier molecular flexibility index (Phi) is 3.68. The lowest BCUT2D eigenvalue weighted by Gasteiger charge is -2.09. The van der Waals surface area contributed by atoms with Gasteiger partial charge in [0, 0.05) is 16.5 Å². The highest BCUT2D eigenvalue weighted by Gasteiger charge is 2.30. The number of carbonyl (C=O) groups excluding carboxylic acids is 2. The Balaban J connectivity index is 1.92. The van der Waals surface area contributed by atoms with Gasteiger partial charge in [-0.1, -0.05) is 6.07 Å². The number of carbonyl (C=O) groups is 2. The average molecular weight is 315 g/mol. The van der Waals surface area contributed by atoms with Crippen molar-refractivity contribution in [1.82, 2.24) is 0 Å². The Morgan fingerprint density at radius 3 is 2.91 bits per heavy atom. The number of benzene rings is 1. The average Bonchev–Trinajstić information content (AvgIpc) is 3.09. The summed E-state index contributed by atoms with van der Waals surface area (Å²) < 4.78 is 11.0. The zero-order valence-electron chi connectivity index (χ0n) is 11.8. The first-order valence-corrected chi connectivity index (χ1v) is 7.46. The summed E-state index contributed by atoms with van der Waals surface area (Å²) in [6.45, 7) is 1.56. The second-order valence-corrected chi connectivity index (χ2v) is 5.75. The van der Waals surface area contributed by atoms with Crippen molar-refractivity contribution in [3.63, 3.8) is 0 Å². The van der Waals surface area contributed by atoms with Crippen LogP contribution in [0.3, 0.4) is 0 Å². The number of Topliss-reactive ketones (excluding diaryl/α,β-unsaturated/α-hetero) is 1. The number of rotatable bonds is 4. The van der Waals surface area contributed by atoms with E-state index >= 15 is 0 Å². The Morgan fingerprint density at radius 1 is 1.41 bits per heavy atom. The maximum Gasteiger partial charge on any atom is 0.255 e. The summed E-state index contributed by atoms with van der Waals surface area (Å²) in [5.74, 6) is 0.508. The molecule has 0 aliphatic carbocycles. The normalized spacial score (nSPS) is 14.8. The van der Waals surface area contributed by atoms with Crippen molar-refractivity contribution in [2.24, 2.45) is 5.73 Å². The van der Waals surface area contributed by atoms with Crippen LogP contribution in [-0.2, 0) is 4.79 Å². The van der Waals surface area contributed by atoms with Crippen molar-refractivity contribution in [3.8, 4) is 11.5 Å². The third-order valence-electron chi connectivity index (χ3n) is 3.22. The van der Waals surface area contributed by atoms with Gasteiger partial charge >= 0.3 is 0 Å². The minimum Gasteiger partial charge on any atom is -0.483 e. The van der Waals surface area contributed by atoms with Crippen molar-refractivity contribution >= 4 is 29.1 Å². The van der Waals surface area contributed by atoms with Crippen LogP contribution in [0.1, 0.15) is 20.8 Å². The van der Waals surface area contributed by atoms with Gasteiger partial charge in [0.25, 0.3) is 5.91 Å². The Bertz CT molecular complexity index is 778. The molecule has 1 aliphatic rings. The summed E-state index contributed by atoms with van der Waals surface area (Å²) in [5.41, 5.74) is 6.23. The number of ketones is 1. The fraction of sp³-hybridized carbons (Fsp3) is 0.125. The van der Waals surface area contributed by atoms with Crippen LogP contribution in [-0.4, -0.2) is 18.3 Å². The quantitative estimate of drug-likeness (QED) is 0.879. The number of hydrogen-bond acceptors (Lipinski definition) is 5. The van der Waals surface area contributed by atoms with Crippen LogP contribution in [0.2, 0.25) is 0 Å². The molecule has 0 radical (unpaired) electrons. The summed E-state index contributed by atoms with van der Waals surface area (Å²) in [5, 5.41) is 1.93. The van der Waals surface area contributed by atoms with Crippen LogP contribution in [0.4, 0.5) is 0 Å². The highest BCUT2D eigenvalue weighted by atomic mass is 32.1. The molecule has 112 valence electrons. The number of hydrogen-bond donors (Lipinski definition) is 1. The van der Waals surface area contributed by atoms with Crippen molar-refractivity contribution in [2.75, 3.05) is 6.61 Å². The van der Waals surface area contributed by atoms with E-state index < -0.39 is 5.91 Å². The van der Waals surface area contributed by atoms with Gasteiger partial charge < -0.3 is 15.2 Å². The first kappa shape index (κ1) is 14.3. The standard InChI is InChI=1S/C16H13NO4S/c1-9-12(20-8-14(17)18)5-4-11-15(19)13(21-16(9)11)7-10-3-2-6-22-10/h2-7H,8H2,1H3,(H2,17,18)/b13-7-. The molecule has 6 heteroatoms. The third kappa shape index (κ3) is 2.60. The number of amides is 1. The van der Waals surface area contributed by atoms with Gasteiger partial charge in [0.15, 0.2) is 12.4 Å². The molecule has 3 rings (SSSR count). The molecule has 2 N–H and O–H groups in total. The molecule has 5 nitrogen and oxygen atoms in total. The highest BCUT2D eigenvalue weighted by molar-refractivity contribution is 7.10. The zero-order chi connectivity index (χ0) is 15.7. The molecular weight excluding hydrogens is 302 g/mol. The predicted octanol–water partition coefficient (Wildman–Crippen LogP) is 2.54. The van der Waals surface area contributed by atoms with Crippen molar-refractivity contribution in [1.29, 1.82) is 0 Å². The van der Waals surface area contributed by atoms with E-state index in [2.05, 4.69) is 0 Å². The molecule has 0 fully saturated rings. The van der Waals surface area contributed by atoms with E-state index in [9.17, 15) is 9.59 Å². The molecular formula is C16H13NO4S. The lowest BCUT2D eigenvalue weighted by atomic mass is 10.1. The van der Waals surface area contributed by atoms with Gasteiger partial charge in [-0.05, 0) is 30.5 Å². The van der Waals surface area contributed by atoms with Crippen LogP contribution in [0, 0.1) is 6.92 Å². The summed E-state index contributed by atoms with van der Waals surface area (Å²) >= 11 is 1.52. The first-order chi connectivity index (χ1) is 10.6. The highest BCUT2D eigenvalue weighted by Crippen LogP contribution is 2.39. The van der Waals surface area contributed by atoms with Crippen molar-refractivity contribution < 1.29 is 19.1 Å². The molecule has 2 heterocycles. The van der Waals surface area contributed by atoms with Crippen LogP contribution < -0.4 is 15.2 Å². The largest absolute Gasteiger partial charge is 0.483 e. The van der Waals surface area contributed by atoms with E-state index in [1.807, 2.05) is 17.5 Å². The maximum atomic E-state index is 12.3. The van der Waals surface area contributed by atoms with Gasteiger partial charge in [0.05, 0.1) is 5.56 Å². The molecule has 0 spiro atoms. The molecule has 0 saturated carbocycles. The minimum atomic E-state index is -0.560. The van der Waals surface area contributed by atoms with E-state index in [1.165, 1.54) is 11.3 Å². The molecule has 1 aliphatic heterocycles.